The average Bonchev–Trinajstić information content (AvgIpc) is 0.801. The zero-order valence-electron chi connectivity index (χ0n) is 64.6. The van der Waals surface area contributed by atoms with Crippen LogP contribution in [0.3, 0.4) is 0 Å². The van der Waals surface area contributed by atoms with Crippen LogP contribution in [0, 0.1) is 0 Å². The van der Waals surface area contributed by atoms with Crippen LogP contribution in [0.15, 0.2) is 0 Å². The highest BCUT2D eigenvalue weighted by Crippen LogP contribution is 2.28. The average molecular weight is 1370 g/mol. The summed E-state index contributed by atoms with van der Waals surface area (Å²) in [4.78, 5) is 53.6. The first-order valence-electron chi connectivity index (χ1n) is 40.4. The number of carbonyl (C=O) groups excluding carboxylic acids is 4. The Balaban J connectivity index is -0.00000166. The number of quaternary nitrogens is 2. The molecule has 568 valence electrons. The molecule has 0 aliphatic rings. The van der Waals surface area contributed by atoms with E-state index in [2.05, 4.69) is 27.7 Å². The third-order valence-corrected chi connectivity index (χ3v) is 20.1. The first-order valence-corrected chi connectivity index (χ1v) is 41.7. The van der Waals surface area contributed by atoms with E-state index in [1.54, 1.807) is 27.7 Å². The molecule has 0 radical (unpaired) electrons. The second kappa shape index (κ2) is 65.6. The highest BCUT2D eigenvalue weighted by molar-refractivity contribution is 7.79. The van der Waals surface area contributed by atoms with Crippen molar-refractivity contribution in [3.8, 4) is 0 Å². The molecule has 0 aliphatic carbocycles. The Morgan fingerprint density at radius 1 is 0.253 bits per heavy atom. The van der Waals surface area contributed by atoms with Crippen molar-refractivity contribution in [1.82, 2.24) is 0 Å². The van der Waals surface area contributed by atoms with E-state index < -0.39 is 59.0 Å². The molecule has 0 heterocycles. The Kier molecular flexibility index (Phi) is 67.3. The molecule has 4 N–H and O–H groups in total. The van der Waals surface area contributed by atoms with Gasteiger partial charge in [0, 0.05) is 36.1 Å². The van der Waals surface area contributed by atoms with Crippen LogP contribution in [-0.4, -0.2) is 147 Å². The van der Waals surface area contributed by atoms with Crippen molar-refractivity contribution in [2.45, 2.75) is 464 Å². The number of rotatable bonds is 68. The molecule has 0 fully saturated rings. The second-order valence-corrected chi connectivity index (χ2v) is 31.1. The van der Waals surface area contributed by atoms with Gasteiger partial charge < -0.3 is 38.5 Å². The van der Waals surface area contributed by atoms with Gasteiger partial charge in [0.25, 0.3) is 0 Å². The van der Waals surface area contributed by atoms with Crippen LogP contribution < -0.4 is 0 Å². The van der Waals surface area contributed by atoms with Gasteiger partial charge in [-0.25, -0.2) is 0 Å². The maximum atomic E-state index is 13.4. The zero-order chi connectivity index (χ0) is 72.0. The maximum absolute atomic E-state index is 13.4. The molecule has 95 heavy (non-hydrogen) atoms. The quantitative estimate of drug-likeness (QED) is 0.0193. The third kappa shape index (κ3) is 57.6. The van der Waals surface area contributed by atoms with Crippen molar-refractivity contribution in [3.05, 3.63) is 0 Å². The molecule has 0 saturated carbocycles. The van der Waals surface area contributed by atoms with E-state index in [-0.39, 0.29) is 32.1 Å². The standard InChI is InChI=1S/2C40H80NO4.H2O4S/c2*1-7-9-11-13-15-17-19-21-23-25-27-29-31-33-37(44)39(35(3)42)41(5,6)40(36(4)43)38(45)34-32-30-28-26-24-22-20-18-16-14-12-10-8-2;1-5(2,3)4/h2*35-36,39-40,42-43H,7-34H2,1-6H3;(H2,1,2,3,4)/q2*+1;/p-2. The lowest BCUT2D eigenvalue weighted by Gasteiger charge is -2.45. The summed E-state index contributed by atoms with van der Waals surface area (Å²) in [6, 6.07) is -2.84. The topological polar surface area (TPSA) is 229 Å². The van der Waals surface area contributed by atoms with Gasteiger partial charge in [-0.2, -0.15) is 0 Å². The Labute approximate surface area is 588 Å². The molecule has 8 atom stereocenters. The summed E-state index contributed by atoms with van der Waals surface area (Å²) in [5.74, 6) is 0.0462. The van der Waals surface area contributed by atoms with Crippen LogP contribution >= 0.6 is 0 Å². The van der Waals surface area contributed by atoms with Crippen LogP contribution in [-0.2, 0) is 29.6 Å². The van der Waals surface area contributed by atoms with Gasteiger partial charge in [0.2, 0.25) is 0 Å². The summed E-state index contributed by atoms with van der Waals surface area (Å²) in [6.45, 7) is 15.7. The molecule has 0 aromatic rings. The summed E-state index contributed by atoms with van der Waals surface area (Å²) in [5.41, 5.74) is 0. The largest absolute Gasteiger partial charge is 0.759 e. The van der Waals surface area contributed by atoms with Crippen LogP contribution in [0.25, 0.3) is 0 Å². The van der Waals surface area contributed by atoms with Crippen LogP contribution in [0.4, 0.5) is 0 Å². The number of nitrogens with zero attached hydrogens (tertiary/aromatic N) is 2. The Hall–Kier alpha value is -1.69. The number of hydrogen-bond donors (Lipinski definition) is 4. The van der Waals surface area contributed by atoms with E-state index in [1.807, 2.05) is 28.2 Å². The molecule has 0 bridgehead atoms. The van der Waals surface area contributed by atoms with Gasteiger partial charge in [-0.3, -0.25) is 27.6 Å². The number of aliphatic hydroxyl groups is 4. The van der Waals surface area contributed by atoms with Crippen molar-refractivity contribution < 1.29 is 66.1 Å². The van der Waals surface area contributed by atoms with Gasteiger partial charge in [0.15, 0.2) is 47.3 Å². The molecule has 15 heteroatoms. The second-order valence-electron chi connectivity index (χ2n) is 30.2. The molecule has 0 aliphatic heterocycles. The minimum Gasteiger partial charge on any atom is -0.759 e. The Bertz CT molecular complexity index is 1620. The molecule has 0 aromatic carbocycles. The highest BCUT2D eigenvalue weighted by Gasteiger charge is 2.49. The fourth-order valence-corrected chi connectivity index (χ4v) is 15.0. The van der Waals surface area contributed by atoms with Gasteiger partial charge in [-0.05, 0) is 53.4 Å². The molecule has 0 rings (SSSR count). The lowest BCUT2D eigenvalue weighted by Crippen LogP contribution is -2.67. The molecular weight excluding hydrogens is 1210 g/mol. The van der Waals surface area contributed by atoms with Gasteiger partial charge in [-0.1, -0.05) is 336 Å². The van der Waals surface area contributed by atoms with Crippen molar-refractivity contribution >= 4 is 33.5 Å². The predicted octanol–water partition coefficient (Wildman–Crippen LogP) is 20.0. The number of ketones is 4. The molecule has 0 amide bonds. The van der Waals surface area contributed by atoms with Crippen molar-refractivity contribution in [3.63, 3.8) is 0 Å². The lowest BCUT2D eigenvalue weighted by molar-refractivity contribution is -0.927. The molecular formula is C80H160N2O12S. The molecule has 0 aromatic heterocycles. The van der Waals surface area contributed by atoms with Crippen molar-refractivity contribution in [2.75, 3.05) is 28.2 Å². The minimum absolute atomic E-state index is 0.0116. The monoisotopic (exact) mass is 1370 g/mol. The maximum Gasteiger partial charge on any atom is 0.192 e. The van der Waals surface area contributed by atoms with E-state index in [1.165, 1.54) is 257 Å². The molecule has 0 saturated heterocycles. The SMILES string of the molecule is CCCCCCCCCCCCCCCC(=O)C(C(C)O)[N+](C)(C)C(C(=O)CCCCCCCCCCCCCCC)C(C)O.CCCCCCCCCCCCCCCC(=O)C(C(C)O)[N+](C)(C)C(C(=O)CCCCCCCCCCCCCCC)C(C)O.O=S(=O)([O-])[O-]. The van der Waals surface area contributed by atoms with Gasteiger partial charge >= 0.3 is 0 Å². The number of carbonyl (C=O) groups is 4. The van der Waals surface area contributed by atoms with E-state index in [0.717, 1.165) is 77.0 Å². The van der Waals surface area contributed by atoms with E-state index >= 15 is 0 Å². The fourth-order valence-electron chi connectivity index (χ4n) is 15.0. The summed E-state index contributed by atoms with van der Waals surface area (Å²) < 4.78 is 34.1. The van der Waals surface area contributed by atoms with Gasteiger partial charge in [0.05, 0.1) is 28.2 Å². The van der Waals surface area contributed by atoms with Crippen LogP contribution in [0.1, 0.15) is 415 Å². The minimum atomic E-state index is -5.17. The Morgan fingerprint density at radius 3 is 0.442 bits per heavy atom. The lowest BCUT2D eigenvalue weighted by atomic mass is 9.91. The molecule has 14 nitrogen and oxygen atoms in total. The summed E-state index contributed by atoms with van der Waals surface area (Å²) >= 11 is 0. The van der Waals surface area contributed by atoms with Crippen molar-refractivity contribution in [1.29, 1.82) is 0 Å². The molecule has 8 unspecified atom stereocenters. The van der Waals surface area contributed by atoms with E-state index in [4.69, 9.17) is 17.5 Å². The highest BCUT2D eigenvalue weighted by atomic mass is 32.3. The number of likely N-dealkylation sites (N-methyl/N-ethyl adjacent to an activating group) is 2. The number of unbranched alkanes of at least 4 members (excludes halogenated alkanes) is 48. The number of hydrogen-bond acceptors (Lipinski definition) is 12. The fraction of sp³-hybridized carbons (Fsp3) is 0.950. The predicted molar refractivity (Wildman–Crippen MR) is 398 cm³/mol. The van der Waals surface area contributed by atoms with Gasteiger partial charge in [0.1, 0.15) is 24.4 Å². The first kappa shape index (κ1) is 97.5. The number of aliphatic hydroxyl groups excluding tert-OH is 4. The van der Waals surface area contributed by atoms with E-state index in [0.29, 0.717) is 25.7 Å². The van der Waals surface area contributed by atoms with E-state index in [9.17, 15) is 39.6 Å². The smallest absolute Gasteiger partial charge is 0.192 e. The third-order valence-electron chi connectivity index (χ3n) is 20.1. The Morgan fingerprint density at radius 2 is 0.347 bits per heavy atom. The first-order chi connectivity index (χ1) is 45.2. The van der Waals surface area contributed by atoms with Crippen molar-refractivity contribution in [2.24, 2.45) is 0 Å². The van der Waals surface area contributed by atoms with Gasteiger partial charge in [-0.15, -0.1) is 0 Å². The van der Waals surface area contributed by atoms with Crippen LogP contribution in [0.5, 0.6) is 0 Å². The summed E-state index contributed by atoms with van der Waals surface area (Å²) in [5, 5.41) is 42.8. The number of Topliss-reactive ketones (excluding diaryl/α,β-unsaturated/α-hetero) is 4. The van der Waals surface area contributed by atoms with Crippen LogP contribution in [0.2, 0.25) is 0 Å². The molecule has 0 spiro atoms. The summed E-state index contributed by atoms with van der Waals surface area (Å²) in [6.07, 6.45) is 63.6. The zero-order valence-corrected chi connectivity index (χ0v) is 65.4. The normalized spacial score (nSPS) is 14.6. The summed E-state index contributed by atoms with van der Waals surface area (Å²) in [7, 11) is 2.22.